The molecule has 5 heteroatoms. The molecule has 1 aliphatic heterocycles. The van der Waals surface area contributed by atoms with Crippen molar-refractivity contribution < 1.29 is 18.7 Å². The molecule has 0 bridgehead atoms. The van der Waals surface area contributed by atoms with Crippen LogP contribution in [0.2, 0.25) is 0 Å². The van der Waals surface area contributed by atoms with E-state index in [1.54, 1.807) is 7.11 Å². The number of rotatable bonds is 2. The normalized spacial score (nSPS) is 16.8. The van der Waals surface area contributed by atoms with Gasteiger partial charge in [-0.2, -0.15) is 0 Å². The Morgan fingerprint density at radius 2 is 1.92 bits per heavy atom. The number of nitrogens with zero attached hydrogens (tertiary/aromatic N) is 1. The number of amides is 1. The van der Waals surface area contributed by atoms with Crippen LogP contribution in [0.15, 0.2) is 28.9 Å². The quantitative estimate of drug-likeness (QED) is 0.844. The fourth-order valence-corrected chi connectivity index (χ4v) is 3.78. The minimum atomic E-state index is -0.0972. The smallest absolute Gasteiger partial charge is 0.257 e. The molecule has 2 heterocycles. The van der Waals surface area contributed by atoms with Crippen molar-refractivity contribution >= 4 is 11.7 Å². The highest BCUT2D eigenvalue weighted by Crippen LogP contribution is 2.28. The zero-order valence-corrected chi connectivity index (χ0v) is 14.3. The Kier molecular flexibility index (Phi) is 4.07. The summed E-state index contributed by atoms with van der Waals surface area (Å²) in [5.41, 5.74) is 3.42. The standard InChI is InChI=1S/C20H21NO4/c1-24-15-6-5-13-7-9-21(10-8-14(13)11-15)20(23)16-12-25-18-4-2-3-17(22)19(16)18/h5-6,11-12H,2-4,7-10H2,1H3. The molecule has 0 saturated heterocycles. The average Bonchev–Trinajstić information content (AvgIpc) is 2.96. The molecular formula is C20H21NO4. The molecule has 1 amide bonds. The molecule has 2 aromatic rings. The molecule has 1 aromatic carbocycles. The first-order valence-electron chi connectivity index (χ1n) is 8.76. The number of carbonyl (C=O) groups excluding carboxylic acids is 2. The molecule has 0 radical (unpaired) electrons. The van der Waals surface area contributed by atoms with E-state index >= 15 is 0 Å². The summed E-state index contributed by atoms with van der Waals surface area (Å²) in [6.07, 6.45) is 5.09. The molecule has 5 nitrogen and oxygen atoms in total. The first-order valence-corrected chi connectivity index (χ1v) is 8.76. The minimum absolute atomic E-state index is 0.0289. The lowest BCUT2D eigenvalue weighted by atomic mass is 9.93. The Morgan fingerprint density at radius 3 is 2.72 bits per heavy atom. The van der Waals surface area contributed by atoms with Gasteiger partial charge in [-0.05, 0) is 42.5 Å². The number of fused-ring (bicyclic) bond motifs is 2. The summed E-state index contributed by atoms with van der Waals surface area (Å²) in [6.45, 7) is 1.28. The van der Waals surface area contributed by atoms with Crippen LogP contribution in [-0.2, 0) is 19.3 Å². The Balaban J connectivity index is 1.57. The van der Waals surface area contributed by atoms with Gasteiger partial charge in [0.1, 0.15) is 17.8 Å². The summed E-state index contributed by atoms with van der Waals surface area (Å²) < 4.78 is 10.8. The molecule has 0 N–H and O–H groups in total. The lowest BCUT2D eigenvalue weighted by Crippen LogP contribution is -2.34. The summed E-state index contributed by atoms with van der Waals surface area (Å²) in [4.78, 5) is 27.1. The van der Waals surface area contributed by atoms with Crippen molar-refractivity contribution in [1.82, 2.24) is 4.90 Å². The van der Waals surface area contributed by atoms with Crippen LogP contribution in [0.4, 0.5) is 0 Å². The zero-order chi connectivity index (χ0) is 17.4. The van der Waals surface area contributed by atoms with Gasteiger partial charge in [0, 0.05) is 25.9 Å². The number of carbonyl (C=O) groups is 2. The van der Waals surface area contributed by atoms with Crippen LogP contribution < -0.4 is 4.74 Å². The van der Waals surface area contributed by atoms with Crippen molar-refractivity contribution in [1.29, 1.82) is 0 Å². The van der Waals surface area contributed by atoms with E-state index in [4.69, 9.17) is 9.15 Å². The number of benzene rings is 1. The van der Waals surface area contributed by atoms with Gasteiger partial charge in [0.05, 0.1) is 18.2 Å². The van der Waals surface area contributed by atoms with Crippen LogP contribution in [0, 0.1) is 0 Å². The summed E-state index contributed by atoms with van der Waals surface area (Å²) in [5, 5.41) is 0. The van der Waals surface area contributed by atoms with Crippen molar-refractivity contribution in [3.05, 3.63) is 52.5 Å². The van der Waals surface area contributed by atoms with E-state index in [1.807, 2.05) is 17.0 Å². The molecule has 2 aliphatic rings. The summed E-state index contributed by atoms with van der Waals surface area (Å²) in [5.74, 6) is 1.44. The van der Waals surface area contributed by atoms with Gasteiger partial charge >= 0.3 is 0 Å². The van der Waals surface area contributed by atoms with Gasteiger partial charge < -0.3 is 14.1 Å². The Labute approximate surface area is 146 Å². The average molecular weight is 339 g/mol. The lowest BCUT2D eigenvalue weighted by molar-refractivity contribution is 0.0757. The zero-order valence-electron chi connectivity index (χ0n) is 14.3. The molecule has 0 fully saturated rings. The van der Waals surface area contributed by atoms with Gasteiger partial charge in [0.2, 0.25) is 0 Å². The van der Waals surface area contributed by atoms with E-state index in [9.17, 15) is 9.59 Å². The van der Waals surface area contributed by atoms with Crippen LogP contribution in [-0.4, -0.2) is 36.8 Å². The highest BCUT2D eigenvalue weighted by molar-refractivity contribution is 6.09. The third-order valence-corrected chi connectivity index (χ3v) is 5.19. The predicted octanol–water partition coefficient (Wildman–Crippen LogP) is 3.05. The van der Waals surface area contributed by atoms with E-state index in [0.29, 0.717) is 36.4 Å². The number of furan rings is 1. The van der Waals surface area contributed by atoms with Crippen molar-refractivity contribution in [2.24, 2.45) is 0 Å². The highest BCUT2D eigenvalue weighted by Gasteiger charge is 2.30. The fraction of sp³-hybridized carbons (Fsp3) is 0.400. The van der Waals surface area contributed by atoms with Crippen LogP contribution in [0.5, 0.6) is 5.75 Å². The summed E-state index contributed by atoms with van der Waals surface area (Å²) in [7, 11) is 1.66. The van der Waals surface area contributed by atoms with Crippen LogP contribution in [0.1, 0.15) is 50.4 Å². The number of ketones is 1. The second-order valence-electron chi connectivity index (χ2n) is 6.65. The maximum atomic E-state index is 13.0. The van der Waals surface area contributed by atoms with E-state index in [0.717, 1.165) is 31.4 Å². The van der Waals surface area contributed by atoms with Crippen molar-refractivity contribution in [2.45, 2.75) is 32.1 Å². The Hall–Kier alpha value is -2.56. The molecule has 0 unspecified atom stereocenters. The number of aryl methyl sites for hydroxylation is 1. The molecule has 25 heavy (non-hydrogen) atoms. The second kappa shape index (κ2) is 6.39. The summed E-state index contributed by atoms with van der Waals surface area (Å²) in [6, 6.07) is 6.08. The molecule has 0 saturated carbocycles. The van der Waals surface area contributed by atoms with E-state index in [-0.39, 0.29) is 11.7 Å². The third-order valence-electron chi connectivity index (χ3n) is 5.19. The van der Waals surface area contributed by atoms with Crippen molar-refractivity contribution in [2.75, 3.05) is 20.2 Å². The van der Waals surface area contributed by atoms with Gasteiger partial charge in [0.15, 0.2) is 5.78 Å². The van der Waals surface area contributed by atoms with Gasteiger partial charge in [-0.25, -0.2) is 0 Å². The largest absolute Gasteiger partial charge is 0.497 e. The topological polar surface area (TPSA) is 59.8 Å². The van der Waals surface area contributed by atoms with E-state index < -0.39 is 0 Å². The third kappa shape index (κ3) is 2.84. The SMILES string of the molecule is COc1ccc2c(c1)CCN(C(=O)c1coc3c1C(=O)CCC3)CC2. The maximum Gasteiger partial charge on any atom is 0.257 e. The molecule has 130 valence electrons. The van der Waals surface area contributed by atoms with Gasteiger partial charge in [-0.15, -0.1) is 0 Å². The first-order chi connectivity index (χ1) is 12.2. The van der Waals surface area contributed by atoms with Crippen LogP contribution in [0.25, 0.3) is 0 Å². The van der Waals surface area contributed by atoms with Crippen LogP contribution in [0.3, 0.4) is 0 Å². The lowest BCUT2D eigenvalue weighted by Gasteiger charge is -2.20. The van der Waals surface area contributed by atoms with Crippen molar-refractivity contribution in [3.63, 3.8) is 0 Å². The van der Waals surface area contributed by atoms with Crippen molar-refractivity contribution in [3.8, 4) is 5.75 Å². The second-order valence-corrected chi connectivity index (χ2v) is 6.65. The van der Waals surface area contributed by atoms with E-state index in [1.165, 1.54) is 17.4 Å². The van der Waals surface area contributed by atoms with Crippen LogP contribution >= 0.6 is 0 Å². The monoisotopic (exact) mass is 339 g/mol. The molecule has 1 aromatic heterocycles. The minimum Gasteiger partial charge on any atom is -0.497 e. The van der Waals surface area contributed by atoms with Gasteiger partial charge in [-0.1, -0.05) is 6.07 Å². The molecule has 0 spiro atoms. The highest BCUT2D eigenvalue weighted by atomic mass is 16.5. The maximum absolute atomic E-state index is 13.0. The van der Waals surface area contributed by atoms with Gasteiger partial charge in [-0.3, -0.25) is 9.59 Å². The molecule has 4 rings (SSSR count). The number of ether oxygens (including phenoxy) is 1. The fourth-order valence-electron chi connectivity index (χ4n) is 3.78. The predicted molar refractivity (Wildman–Crippen MR) is 92.3 cm³/mol. The number of methoxy groups -OCH3 is 1. The number of hydrogen-bond acceptors (Lipinski definition) is 4. The Bertz CT molecular complexity index is 836. The van der Waals surface area contributed by atoms with E-state index in [2.05, 4.69) is 6.07 Å². The van der Waals surface area contributed by atoms with Gasteiger partial charge in [0.25, 0.3) is 5.91 Å². The molecular weight excluding hydrogens is 318 g/mol. The number of Topliss-reactive ketones (excluding diaryl/α,β-unsaturated/α-hetero) is 1. The first kappa shape index (κ1) is 15.9. The molecule has 0 atom stereocenters. The summed E-state index contributed by atoms with van der Waals surface area (Å²) >= 11 is 0. The Morgan fingerprint density at radius 1 is 1.12 bits per heavy atom. The molecule has 1 aliphatic carbocycles. The number of hydrogen-bond donors (Lipinski definition) is 0.